The van der Waals surface area contributed by atoms with Gasteiger partial charge >= 0.3 is 0 Å². The van der Waals surface area contributed by atoms with E-state index in [2.05, 4.69) is 194 Å². The van der Waals surface area contributed by atoms with Crippen LogP contribution in [0.4, 0.5) is 11.4 Å². The van der Waals surface area contributed by atoms with E-state index >= 15 is 0 Å². The highest BCUT2D eigenvalue weighted by Gasteiger charge is 2.19. The van der Waals surface area contributed by atoms with Crippen molar-refractivity contribution in [1.82, 2.24) is 0 Å². The van der Waals surface area contributed by atoms with Gasteiger partial charge in [0.25, 0.3) is 0 Å². The number of hydrogen-bond donors (Lipinski definition) is 0. The van der Waals surface area contributed by atoms with Crippen LogP contribution < -0.4 is 4.90 Å². The summed E-state index contributed by atoms with van der Waals surface area (Å²) in [6, 6.07) is 48.4. The van der Waals surface area contributed by atoms with E-state index in [1.54, 1.807) is 0 Å². The maximum absolute atomic E-state index is 2.35. The van der Waals surface area contributed by atoms with Gasteiger partial charge in [-0.15, -0.1) is 0 Å². The third-order valence-electron chi connectivity index (χ3n) is 9.78. The first kappa shape index (κ1) is 28.1. The minimum absolute atomic E-state index is 1.18. The summed E-state index contributed by atoms with van der Waals surface area (Å²) in [4.78, 5) is 2.32. The molecule has 1 nitrogen and oxygen atoms in total. The molecule has 0 aromatic heterocycles. The van der Waals surface area contributed by atoms with E-state index < -0.39 is 0 Å². The minimum Gasteiger partial charge on any atom is -0.344 e. The largest absolute Gasteiger partial charge is 0.344 e. The Balaban J connectivity index is 1.11. The number of benzene rings is 6. The van der Waals surface area contributed by atoms with Crippen LogP contribution in [0.25, 0.3) is 59.8 Å². The second-order valence-electron chi connectivity index (χ2n) is 12.7. The van der Waals surface area contributed by atoms with Gasteiger partial charge in [0.05, 0.1) is 0 Å². The number of nitrogens with zero attached hydrogens (tertiary/aromatic N) is 1. The molecule has 0 atom stereocenters. The van der Waals surface area contributed by atoms with E-state index in [4.69, 9.17) is 0 Å². The highest BCUT2D eigenvalue weighted by atomic mass is 15.1. The summed E-state index contributed by atoms with van der Waals surface area (Å²) in [5.74, 6) is 0. The lowest BCUT2D eigenvalue weighted by Crippen LogP contribution is -2.11. The average molecular weight is 612 g/mol. The van der Waals surface area contributed by atoms with Crippen molar-refractivity contribution < 1.29 is 0 Å². The molecule has 0 unspecified atom stereocenters. The summed E-state index contributed by atoms with van der Waals surface area (Å²) in [5.41, 5.74) is 19.6. The highest BCUT2D eigenvalue weighted by Crippen LogP contribution is 2.40. The van der Waals surface area contributed by atoms with Gasteiger partial charge in [-0.25, -0.2) is 0 Å². The molecule has 1 heteroatoms. The molecule has 3 aliphatic rings. The Hall–Kier alpha value is -6.18. The molecule has 48 heavy (non-hydrogen) atoms. The van der Waals surface area contributed by atoms with Crippen LogP contribution in [0, 0.1) is 0 Å². The van der Waals surface area contributed by atoms with Gasteiger partial charge in [0, 0.05) is 18.4 Å². The quantitative estimate of drug-likeness (QED) is 0.188. The van der Waals surface area contributed by atoms with Crippen LogP contribution in [-0.4, -0.2) is 7.05 Å². The molecule has 6 aromatic rings. The Morgan fingerprint density at radius 1 is 0.354 bits per heavy atom. The molecule has 0 fully saturated rings. The van der Waals surface area contributed by atoms with Crippen molar-refractivity contribution >= 4 is 71.1 Å². The predicted molar refractivity (Wildman–Crippen MR) is 207 cm³/mol. The van der Waals surface area contributed by atoms with E-state index in [-0.39, 0.29) is 0 Å². The van der Waals surface area contributed by atoms with Crippen LogP contribution in [0.1, 0.15) is 66.8 Å². The predicted octanol–water partition coefficient (Wildman–Crippen LogP) is 12.1. The fourth-order valence-corrected chi connectivity index (χ4v) is 7.36. The van der Waals surface area contributed by atoms with Crippen molar-refractivity contribution in [2.45, 2.75) is 0 Å². The van der Waals surface area contributed by atoms with Gasteiger partial charge in [0.15, 0.2) is 0 Å². The lowest BCUT2D eigenvalue weighted by molar-refractivity contribution is 1.20. The summed E-state index contributed by atoms with van der Waals surface area (Å²) in [6.45, 7) is 0. The van der Waals surface area contributed by atoms with Gasteiger partial charge in [-0.2, -0.15) is 0 Å². The molecule has 0 saturated heterocycles. The Bertz CT molecular complexity index is 2140. The second kappa shape index (κ2) is 11.6. The Kier molecular flexibility index (Phi) is 6.76. The topological polar surface area (TPSA) is 3.24 Å². The zero-order chi connectivity index (χ0) is 32.0. The van der Waals surface area contributed by atoms with Crippen molar-refractivity contribution in [1.29, 1.82) is 0 Å². The molecule has 0 spiro atoms. The monoisotopic (exact) mass is 611 g/mol. The van der Waals surface area contributed by atoms with E-state index in [9.17, 15) is 0 Å². The van der Waals surface area contributed by atoms with Crippen molar-refractivity contribution in [2.24, 2.45) is 0 Å². The maximum Gasteiger partial charge on any atom is 0.0482 e. The zero-order valence-corrected chi connectivity index (χ0v) is 26.8. The van der Waals surface area contributed by atoms with Gasteiger partial charge in [-0.1, -0.05) is 146 Å². The molecule has 0 saturated carbocycles. The number of hydrogen-bond acceptors (Lipinski definition) is 1. The van der Waals surface area contributed by atoms with Crippen LogP contribution in [0.5, 0.6) is 0 Å². The second-order valence-corrected chi connectivity index (χ2v) is 12.7. The van der Waals surface area contributed by atoms with Crippen molar-refractivity contribution in [3.63, 3.8) is 0 Å². The van der Waals surface area contributed by atoms with E-state index in [1.165, 1.54) is 89.3 Å². The van der Waals surface area contributed by atoms with Crippen LogP contribution in [0.3, 0.4) is 0 Å². The molecule has 1 heterocycles. The summed E-state index contributed by atoms with van der Waals surface area (Å²) in [7, 11) is 2.17. The molecule has 0 amide bonds. The molecule has 0 bridgehead atoms. The van der Waals surface area contributed by atoms with Crippen LogP contribution >= 0.6 is 0 Å². The van der Waals surface area contributed by atoms with Crippen molar-refractivity contribution in [2.75, 3.05) is 11.9 Å². The number of anilines is 2. The molecule has 1 aliphatic heterocycles. The zero-order valence-electron chi connectivity index (χ0n) is 26.8. The van der Waals surface area contributed by atoms with Gasteiger partial charge in [0.2, 0.25) is 0 Å². The van der Waals surface area contributed by atoms with Gasteiger partial charge in [-0.3, -0.25) is 0 Å². The minimum atomic E-state index is 1.18. The Morgan fingerprint density at radius 2 is 0.667 bits per heavy atom. The average Bonchev–Trinajstić information content (AvgIpc) is 3.46. The Morgan fingerprint density at radius 3 is 1.02 bits per heavy atom. The molecule has 0 N–H and O–H groups in total. The summed E-state index contributed by atoms with van der Waals surface area (Å²) < 4.78 is 0. The van der Waals surface area contributed by atoms with Crippen LogP contribution in [0.15, 0.2) is 133 Å². The van der Waals surface area contributed by atoms with Crippen LogP contribution in [0.2, 0.25) is 0 Å². The Labute approximate surface area is 282 Å². The fourth-order valence-electron chi connectivity index (χ4n) is 7.36. The summed E-state index contributed by atoms with van der Waals surface area (Å²) >= 11 is 0. The molecular weight excluding hydrogens is 579 g/mol. The molecule has 9 rings (SSSR count). The van der Waals surface area contributed by atoms with Gasteiger partial charge < -0.3 is 4.90 Å². The van der Waals surface area contributed by atoms with Crippen LogP contribution in [-0.2, 0) is 0 Å². The third-order valence-corrected chi connectivity index (χ3v) is 9.78. The van der Waals surface area contributed by atoms with E-state index in [1.807, 2.05) is 0 Å². The number of rotatable bonds is 2. The molecule has 0 radical (unpaired) electrons. The third kappa shape index (κ3) is 4.89. The number of fused-ring (bicyclic) bond motifs is 6. The highest BCUT2D eigenvalue weighted by molar-refractivity contribution is 6.02. The first-order valence-electron chi connectivity index (χ1n) is 16.6. The lowest BCUT2D eigenvalue weighted by atomic mass is 9.91. The standard InChI is InChI=1S/C47H33N/c1-48-46-26-18-32(30-44-40-14-6-2-10-34(40)20-21-35-11-3-7-15-41(35)44)28-38(46)24-25-39-29-33(19-27-47(39)48)31-45-42-16-8-4-12-36(42)22-23-37-13-5-9-17-43(37)45/h2-31H,1H3. The van der Waals surface area contributed by atoms with E-state index in [0.717, 1.165) is 0 Å². The van der Waals surface area contributed by atoms with Crippen molar-refractivity contribution in [3.8, 4) is 0 Å². The molecule has 2 aliphatic carbocycles. The fraction of sp³-hybridized carbons (Fsp3) is 0.0213. The lowest BCUT2D eigenvalue weighted by Gasteiger charge is -2.23. The maximum atomic E-state index is 2.35. The summed E-state index contributed by atoms with van der Waals surface area (Å²) in [5, 5.41) is 0. The molecule has 226 valence electrons. The SMILES string of the molecule is CN1c2ccc(C=C3c4ccccc4C=Cc4ccccc43)cc2C=Cc2cc(C=C3c4ccccc4C=Cc4ccccc43)ccc21. The smallest absolute Gasteiger partial charge is 0.0482 e. The molecular formula is C47H33N. The normalized spacial score (nSPS) is 13.6. The van der Waals surface area contributed by atoms with Crippen molar-refractivity contribution in [3.05, 3.63) is 200 Å². The molecule has 6 aromatic carbocycles. The first-order valence-corrected chi connectivity index (χ1v) is 16.6. The summed E-state index contributed by atoms with van der Waals surface area (Å²) in [6.07, 6.45) is 18.2. The van der Waals surface area contributed by atoms with Gasteiger partial charge in [0.1, 0.15) is 0 Å². The first-order chi connectivity index (χ1) is 23.7. The van der Waals surface area contributed by atoms with Gasteiger partial charge in [-0.05, 0) is 114 Å². The van der Waals surface area contributed by atoms with E-state index in [0.29, 0.717) is 0 Å².